The molecule has 0 fully saturated rings. The van der Waals surface area contributed by atoms with Gasteiger partial charge in [0.2, 0.25) is 15.9 Å². The predicted octanol–water partition coefficient (Wildman–Crippen LogP) is 4.51. The van der Waals surface area contributed by atoms with Gasteiger partial charge < -0.3 is 29.8 Å². The number of aliphatic imine (C=N–C) groups is 1. The molecule has 0 aliphatic rings. The Bertz CT molecular complexity index is 1850. The maximum atomic E-state index is 13.6. The van der Waals surface area contributed by atoms with Crippen LogP contribution in [0.4, 0.5) is 11.4 Å². The number of anilines is 1. The van der Waals surface area contributed by atoms with Gasteiger partial charge in [0, 0.05) is 23.0 Å². The van der Waals surface area contributed by atoms with Crippen molar-refractivity contribution in [3.05, 3.63) is 83.9 Å². The van der Waals surface area contributed by atoms with Crippen LogP contribution in [0.15, 0.2) is 77.8 Å². The highest BCUT2D eigenvalue weighted by Gasteiger charge is 2.32. The van der Waals surface area contributed by atoms with Crippen LogP contribution in [0.1, 0.15) is 31.4 Å². The Morgan fingerprint density at radius 1 is 1.02 bits per heavy atom. The lowest BCUT2D eigenvalue weighted by Gasteiger charge is -2.30. The van der Waals surface area contributed by atoms with Gasteiger partial charge in [-0.2, -0.15) is 0 Å². The van der Waals surface area contributed by atoms with Crippen LogP contribution in [0.3, 0.4) is 0 Å². The van der Waals surface area contributed by atoms with E-state index < -0.39 is 29.6 Å². The Morgan fingerprint density at radius 3 is 2.20 bits per heavy atom. The molecule has 0 saturated carbocycles. The normalized spacial score (nSPS) is 13.3. The van der Waals surface area contributed by atoms with E-state index in [2.05, 4.69) is 4.98 Å². The minimum Gasteiger partial charge on any atom is -0.494 e. The summed E-state index contributed by atoms with van der Waals surface area (Å²) in [4.78, 5) is 22.1. The SMILES string of the molecule is CCOP(=O)(OCC)c1ccc2[nH]c(O)c(C(=Nc3ccc(N(C(CCN(C)C)C(N)=O)S(C)(=O)=O)cc3)c3ccccc3)c2c1. The average Bonchev–Trinajstić information content (AvgIpc) is 3.33. The van der Waals surface area contributed by atoms with Gasteiger partial charge in [0.25, 0.3) is 0 Å². The number of nitrogens with zero attached hydrogens (tertiary/aromatic N) is 3. The molecule has 1 aromatic heterocycles. The van der Waals surface area contributed by atoms with Crippen LogP contribution >= 0.6 is 7.60 Å². The summed E-state index contributed by atoms with van der Waals surface area (Å²) in [6, 6.07) is 19.5. The van der Waals surface area contributed by atoms with Crippen molar-refractivity contribution < 1.29 is 31.9 Å². The summed E-state index contributed by atoms with van der Waals surface area (Å²) in [7, 11) is -3.87. The Kier molecular flexibility index (Phi) is 11.1. The fraction of sp³-hybridized carbons (Fsp3) is 0.312. The van der Waals surface area contributed by atoms with Crippen LogP contribution in [-0.4, -0.2) is 81.2 Å². The number of hydrogen-bond acceptors (Lipinski definition) is 9. The van der Waals surface area contributed by atoms with E-state index in [0.717, 1.165) is 10.6 Å². The molecule has 1 unspecified atom stereocenters. The number of carbonyl (C=O) groups is 1. The lowest BCUT2D eigenvalue weighted by atomic mass is 10.0. The summed E-state index contributed by atoms with van der Waals surface area (Å²) < 4.78 is 51.5. The Labute approximate surface area is 269 Å². The van der Waals surface area contributed by atoms with E-state index in [1.807, 2.05) is 49.3 Å². The molecule has 3 aromatic carbocycles. The molecule has 0 radical (unpaired) electrons. The maximum Gasteiger partial charge on any atom is 0.361 e. The Morgan fingerprint density at radius 2 is 1.65 bits per heavy atom. The summed E-state index contributed by atoms with van der Waals surface area (Å²) in [6.45, 7) is 4.27. The predicted molar refractivity (Wildman–Crippen MR) is 182 cm³/mol. The zero-order valence-electron chi connectivity index (χ0n) is 26.5. The van der Waals surface area contributed by atoms with Crippen LogP contribution in [0.25, 0.3) is 10.9 Å². The number of aromatic nitrogens is 1. The number of carbonyl (C=O) groups excluding carboxylic acids is 1. The van der Waals surface area contributed by atoms with Gasteiger partial charge in [-0.3, -0.25) is 13.7 Å². The summed E-state index contributed by atoms with van der Waals surface area (Å²) in [6.07, 6.45) is 1.23. The van der Waals surface area contributed by atoms with E-state index in [4.69, 9.17) is 19.8 Å². The van der Waals surface area contributed by atoms with Gasteiger partial charge in [0.1, 0.15) is 6.04 Å². The molecule has 0 aliphatic heterocycles. The first-order valence-electron chi connectivity index (χ1n) is 14.7. The highest BCUT2D eigenvalue weighted by molar-refractivity contribution is 7.92. The fourth-order valence-electron chi connectivity index (χ4n) is 5.12. The smallest absolute Gasteiger partial charge is 0.361 e. The number of nitrogens with one attached hydrogen (secondary N) is 1. The lowest BCUT2D eigenvalue weighted by molar-refractivity contribution is -0.119. The van der Waals surface area contributed by atoms with Crippen LogP contribution in [-0.2, 0) is 28.4 Å². The summed E-state index contributed by atoms with van der Waals surface area (Å²) in [5.74, 6) is -0.907. The Hall–Kier alpha value is -4.00. The second-order valence-corrected chi connectivity index (χ2v) is 14.7. The number of fused-ring (bicyclic) bond motifs is 1. The number of H-pyrrole nitrogens is 1. The molecular weight excluding hydrogens is 629 g/mol. The monoisotopic (exact) mass is 669 g/mol. The molecule has 46 heavy (non-hydrogen) atoms. The largest absolute Gasteiger partial charge is 0.494 e. The van der Waals surface area contributed by atoms with Crippen molar-refractivity contribution in [1.82, 2.24) is 9.88 Å². The summed E-state index contributed by atoms with van der Waals surface area (Å²) in [5, 5.41) is 12.0. The van der Waals surface area contributed by atoms with E-state index >= 15 is 0 Å². The van der Waals surface area contributed by atoms with Crippen LogP contribution in [0.2, 0.25) is 0 Å². The van der Waals surface area contributed by atoms with Gasteiger partial charge in [0.05, 0.1) is 47.4 Å². The third kappa shape index (κ3) is 7.86. The number of aromatic hydroxyl groups is 1. The molecule has 0 aliphatic carbocycles. The van der Waals surface area contributed by atoms with Crippen molar-refractivity contribution in [2.24, 2.45) is 10.7 Å². The maximum absolute atomic E-state index is 13.6. The molecule has 4 aromatic rings. The van der Waals surface area contributed by atoms with Crippen molar-refractivity contribution in [2.45, 2.75) is 26.3 Å². The molecule has 1 amide bonds. The number of rotatable bonds is 15. The van der Waals surface area contributed by atoms with Gasteiger partial charge >= 0.3 is 7.60 Å². The minimum atomic E-state index is -3.88. The zero-order valence-corrected chi connectivity index (χ0v) is 28.2. The molecule has 0 saturated heterocycles. The molecule has 0 bridgehead atoms. The number of hydrogen-bond donors (Lipinski definition) is 3. The van der Waals surface area contributed by atoms with E-state index in [0.29, 0.717) is 45.3 Å². The standard InChI is InChI=1S/C32H40N5O7PS/c1-6-43-45(40,44-7-2)25-17-18-27-26(21-25)29(32(39)35-27)30(22-11-9-8-10-12-22)34-23-13-15-24(16-14-23)37(46(5,41)42)28(31(33)38)19-20-36(3)4/h8-18,21,28,35,39H,6-7,19-20H2,1-5H3,(H2,33,38). The van der Waals surface area contributed by atoms with Crippen LogP contribution < -0.4 is 15.3 Å². The summed E-state index contributed by atoms with van der Waals surface area (Å²) in [5.41, 5.74) is 8.38. The molecule has 14 heteroatoms. The molecule has 246 valence electrons. The first-order chi connectivity index (χ1) is 21.8. The van der Waals surface area contributed by atoms with Crippen LogP contribution in [0.5, 0.6) is 5.88 Å². The average molecular weight is 670 g/mol. The van der Waals surface area contributed by atoms with Crippen molar-refractivity contribution in [3.63, 3.8) is 0 Å². The third-order valence-corrected chi connectivity index (χ3v) is 10.4. The van der Waals surface area contributed by atoms with Crippen molar-refractivity contribution >= 4 is 56.8 Å². The number of amides is 1. The lowest BCUT2D eigenvalue weighted by Crippen LogP contribution is -2.49. The molecule has 1 heterocycles. The fourth-order valence-corrected chi connectivity index (χ4v) is 7.90. The highest BCUT2D eigenvalue weighted by atomic mass is 32.2. The van der Waals surface area contributed by atoms with Crippen molar-refractivity contribution in [2.75, 3.05) is 44.4 Å². The van der Waals surface area contributed by atoms with Crippen LogP contribution in [0, 0.1) is 0 Å². The van der Waals surface area contributed by atoms with Gasteiger partial charge in [0.15, 0.2) is 5.88 Å². The molecule has 12 nitrogen and oxygen atoms in total. The molecule has 4 N–H and O–H groups in total. The second-order valence-electron chi connectivity index (χ2n) is 10.8. The molecule has 1 atom stereocenters. The van der Waals surface area contributed by atoms with Crippen molar-refractivity contribution in [3.8, 4) is 5.88 Å². The van der Waals surface area contributed by atoms with Gasteiger partial charge in [-0.15, -0.1) is 0 Å². The zero-order chi connectivity index (χ0) is 33.6. The van der Waals surface area contributed by atoms with E-state index in [9.17, 15) is 22.9 Å². The van der Waals surface area contributed by atoms with E-state index in [1.165, 1.54) is 0 Å². The van der Waals surface area contributed by atoms with E-state index in [1.54, 1.807) is 56.3 Å². The van der Waals surface area contributed by atoms with Gasteiger partial charge in [-0.05, 0) is 76.8 Å². The Balaban J connectivity index is 1.86. The first kappa shape index (κ1) is 34.9. The summed E-state index contributed by atoms with van der Waals surface area (Å²) >= 11 is 0. The van der Waals surface area contributed by atoms with Gasteiger partial charge in [-0.1, -0.05) is 30.3 Å². The van der Waals surface area contributed by atoms with E-state index in [-0.39, 0.29) is 31.2 Å². The minimum absolute atomic E-state index is 0.150. The molecule has 0 spiro atoms. The second kappa shape index (κ2) is 14.6. The number of primary amides is 1. The number of aromatic amines is 1. The number of nitrogens with two attached hydrogens (primary N) is 1. The third-order valence-electron chi connectivity index (χ3n) is 7.12. The van der Waals surface area contributed by atoms with Crippen molar-refractivity contribution in [1.29, 1.82) is 0 Å². The first-order valence-corrected chi connectivity index (χ1v) is 18.1. The number of sulfonamides is 1. The quantitative estimate of drug-likeness (QED) is 0.123. The number of benzene rings is 3. The highest BCUT2D eigenvalue weighted by Crippen LogP contribution is 2.47. The topological polar surface area (TPSA) is 168 Å². The molecular formula is C32H40N5O7PS. The molecule has 4 rings (SSSR count). The van der Waals surface area contributed by atoms with Gasteiger partial charge in [-0.25, -0.2) is 13.4 Å².